The summed E-state index contributed by atoms with van der Waals surface area (Å²) in [4.78, 5) is 24.6. The maximum atomic E-state index is 12.1. The van der Waals surface area contributed by atoms with E-state index in [9.17, 15) is 14.2 Å². The number of hydrogen-bond donors (Lipinski definition) is 1. The summed E-state index contributed by atoms with van der Waals surface area (Å²) in [5.74, 6) is 1.28. The van der Waals surface area contributed by atoms with E-state index in [0.717, 1.165) is 0 Å². The Balaban J connectivity index is 2.87. The van der Waals surface area contributed by atoms with Crippen molar-refractivity contribution in [3.05, 3.63) is 44.0 Å². The maximum Gasteiger partial charge on any atom is 0.353 e. The molecule has 0 aliphatic heterocycles. The van der Waals surface area contributed by atoms with Gasteiger partial charge in [0.25, 0.3) is 5.56 Å². The highest BCUT2D eigenvalue weighted by Gasteiger charge is 2.18. The third-order valence-corrected chi connectivity index (χ3v) is 4.26. The largest absolute Gasteiger partial charge is 0.353 e. The van der Waals surface area contributed by atoms with Crippen LogP contribution in [0.25, 0.3) is 0 Å². The second-order valence-corrected chi connectivity index (χ2v) is 5.95. The van der Waals surface area contributed by atoms with E-state index in [1.807, 2.05) is 0 Å². The van der Waals surface area contributed by atoms with E-state index in [1.165, 1.54) is 22.7 Å². The fraction of sp³-hybridized carbons (Fsp3) is 0.455. The van der Waals surface area contributed by atoms with E-state index >= 15 is 0 Å². The molecule has 1 aromatic rings. The average Bonchev–Trinajstić information content (AvgIpc) is 2.36. The Morgan fingerprint density at radius 1 is 1.35 bits per heavy atom. The molecule has 20 heavy (non-hydrogen) atoms. The van der Waals surface area contributed by atoms with Gasteiger partial charge in [0.2, 0.25) is 0 Å². The summed E-state index contributed by atoms with van der Waals surface area (Å²) in [6.07, 6.45) is 2.67. The number of nitrogens with one attached hydrogen (secondary N) is 1. The van der Waals surface area contributed by atoms with Crippen molar-refractivity contribution in [1.82, 2.24) is 9.55 Å². The lowest BCUT2D eigenvalue weighted by atomic mass is 10.5. The Morgan fingerprint density at radius 3 is 2.50 bits per heavy atom. The Hall–Kier alpha value is -1.14. The predicted octanol–water partition coefficient (Wildman–Crippen LogP) is 1.97. The highest BCUT2D eigenvalue weighted by Crippen LogP contribution is 2.49. The van der Waals surface area contributed by atoms with E-state index in [-0.39, 0.29) is 24.8 Å². The molecule has 0 aliphatic rings. The minimum absolute atomic E-state index is 0.0828. The molecule has 9 heteroatoms. The third kappa shape index (κ3) is 4.76. The van der Waals surface area contributed by atoms with Crippen LogP contribution >= 0.6 is 19.2 Å². The number of halogens is 1. The Bertz CT molecular complexity index is 626. The minimum atomic E-state index is -3.29. The first kappa shape index (κ1) is 16.9. The van der Waals surface area contributed by atoms with E-state index in [1.54, 1.807) is 13.8 Å². The van der Waals surface area contributed by atoms with Crippen molar-refractivity contribution in [2.45, 2.75) is 20.4 Å². The molecule has 0 radical (unpaired) electrons. The molecular weight excluding hydrogens is 307 g/mol. The van der Waals surface area contributed by atoms with Gasteiger partial charge in [0.05, 0.1) is 13.2 Å². The molecule has 1 rings (SSSR count). The summed E-state index contributed by atoms with van der Waals surface area (Å²) >= 11 is 5.62. The van der Waals surface area contributed by atoms with Crippen LogP contribution in [0.2, 0.25) is 5.02 Å². The Morgan fingerprint density at radius 2 is 1.95 bits per heavy atom. The number of hydrogen-bond acceptors (Lipinski definition) is 5. The molecule has 1 aromatic heterocycles. The van der Waals surface area contributed by atoms with Gasteiger partial charge in [-0.2, -0.15) is 0 Å². The molecule has 0 aliphatic carbocycles. The lowest BCUT2D eigenvalue weighted by Gasteiger charge is -2.12. The topological polar surface area (TPSA) is 90.4 Å². The molecule has 0 atom stereocenters. The molecule has 0 spiro atoms. The van der Waals surface area contributed by atoms with Gasteiger partial charge >= 0.3 is 13.3 Å². The molecule has 0 saturated carbocycles. The molecule has 0 bridgehead atoms. The van der Waals surface area contributed by atoms with Crippen molar-refractivity contribution in [2.24, 2.45) is 0 Å². The first-order chi connectivity index (χ1) is 9.41. The van der Waals surface area contributed by atoms with Gasteiger partial charge in [0.1, 0.15) is 5.02 Å². The first-order valence-electron chi connectivity index (χ1n) is 5.97. The van der Waals surface area contributed by atoms with Gasteiger partial charge in [-0.1, -0.05) is 17.7 Å². The van der Waals surface area contributed by atoms with Crippen molar-refractivity contribution in [3.63, 3.8) is 0 Å². The zero-order valence-corrected chi connectivity index (χ0v) is 12.8. The highest BCUT2D eigenvalue weighted by atomic mass is 35.5. The zero-order valence-electron chi connectivity index (χ0n) is 11.2. The van der Waals surface area contributed by atoms with Crippen molar-refractivity contribution in [3.8, 4) is 0 Å². The van der Waals surface area contributed by atoms with Gasteiger partial charge in [-0.05, 0) is 13.8 Å². The molecule has 0 unspecified atom stereocenters. The van der Waals surface area contributed by atoms with Gasteiger partial charge in [-0.15, -0.1) is 0 Å². The monoisotopic (exact) mass is 322 g/mol. The molecule has 0 saturated heterocycles. The van der Waals surface area contributed by atoms with Crippen molar-refractivity contribution < 1.29 is 13.6 Å². The van der Waals surface area contributed by atoms with Crippen LogP contribution in [0.15, 0.2) is 27.7 Å². The minimum Gasteiger partial charge on any atom is -0.306 e. The van der Waals surface area contributed by atoms with Crippen LogP contribution in [0.5, 0.6) is 0 Å². The van der Waals surface area contributed by atoms with Crippen molar-refractivity contribution in [1.29, 1.82) is 0 Å². The highest BCUT2D eigenvalue weighted by molar-refractivity contribution is 7.57. The van der Waals surface area contributed by atoms with Crippen molar-refractivity contribution >= 4 is 19.2 Å². The summed E-state index contributed by atoms with van der Waals surface area (Å²) in [5.41, 5.74) is -1.25. The van der Waals surface area contributed by atoms with E-state index in [0.29, 0.717) is 0 Å². The molecular formula is C11H16ClN2O5P. The second-order valence-electron chi connectivity index (χ2n) is 3.65. The molecule has 1 heterocycles. The zero-order chi connectivity index (χ0) is 15.2. The van der Waals surface area contributed by atoms with Gasteiger partial charge < -0.3 is 9.05 Å². The summed E-state index contributed by atoms with van der Waals surface area (Å²) in [5, 5.41) is -0.101. The van der Waals surface area contributed by atoms with E-state index < -0.39 is 18.8 Å². The molecule has 0 fully saturated rings. The quantitative estimate of drug-likeness (QED) is 0.775. The summed E-state index contributed by atoms with van der Waals surface area (Å²) in [6, 6.07) is 0. The second kappa shape index (κ2) is 7.59. The number of nitrogens with zero attached hydrogens (tertiary/aromatic N) is 1. The molecule has 112 valence electrons. The van der Waals surface area contributed by atoms with Gasteiger partial charge in [0.15, 0.2) is 0 Å². The lowest BCUT2D eigenvalue weighted by molar-refractivity contribution is 0.229. The van der Waals surface area contributed by atoms with Gasteiger partial charge in [-0.3, -0.25) is 18.9 Å². The van der Waals surface area contributed by atoms with E-state index in [2.05, 4.69) is 4.98 Å². The van der Waals surface area contributed by atoms with E-state index in [4.69, 9.17) is 20.6 Å². The summed E-state index contributed by atoms with van der Waals surface area (Å²) < 4.78 is 23.4. The third-order valence-electron chi connectivity index (χ3n) is 2.18. The lowest BCUT2D eigenvalue weighted by Crippen LogP contribution is -2.29. The average molecular weight is 323 g/mol. The molecule has 1 N–H and O–H groups in total. The van der Waals surface area contributed by atoms with Crippen LogP contribution in [-0.4, -0.2) is 22.8 Å². The first-order valence-corrected chi connectivity index (χ1v) is 7.96. The molecule has 7 nitrogen and oxygen atoms in total. The number of H-pyrrole nitrogens is 1. The van der Waals surface area contributed by atoms with Crippen LogP contribution in [0, 0.1) is 0 Å². The summed E-state index contributed by atoms with van der Waals surface area (Å²) in [6.45, 7) is 3.97. The van der Waals surface area contributed by atoms with Crippen LogP contribution in [0.4, 0.5) is 0 Å². The number of aromatic amines is 1. The number of aromatic nitrogens is 2. The normalized spacial score (nSPS) is 12.2. The van der Waals surface area contributed by atoms with Crippen LogP contribution in [0.1, 0.15) is 13.8 Å². The SMILES string of the molecule is CCOP(=O)(/C=C/Cn1cc(Cl)c(=O)[nH]c1=O)OCC. The Kier molecular flexibility index (Phi) is 6.42. The predicted molar refractivity (Wildman–Crippen MR) is 76.3 cm³/mol. The van der Waals surface area contributed by atoms with Crippen LogP contribution in [0.3, 0.4) is 0 Å². The molecule has 0 amide bonds. The standard InChI is InChI=1S/C11H16ClN2O5P/c1-3-18-20(17,19-4-2)7-5-6-14-8-9(12)10(15)13-11(14)16/h5,7-8H,3-4,6H2,1-2H3,(H,13,15,16)/b7-5+. The number of rotatable bonds is 7. The maximum absolute atomic E-state index is 12.1. The smallest absolute Gasteiger partial charge is 0.306 e. The fourth-order valence-electron chi connectivity index (χ4n) is 1.39. The van der Waals surface area contributed by atoms with Crippen LogP contribution < -0.4 is 11.2 Å². The number of allylic oxidation sites excluding steroid dienone is 1. The van der Waals surface area contributed by atoms with Gasteiger partial charge in [0, 0.05) is 18.6 Å². The Labute approximate surface area is 120 Å². The van der Waals surface area contributed by atoms with Crippen molar-refractivity contribution in [2.75, 3.05) is 13.2 Å². The van der Waals surface area contributed by atoms with Gasteiger partial charge in [-0.25, -0.2) is 4.79 Å². The van der Waals surface area contributed by atoms with Crippen LogP contribution in [-0.2, 0) is 20.2 Å². The fourth-order valence-corrected chi connectivity index (χ4v) is 2.88. The molecule has 0 aromatic carbocycles. The summed E-state index contributed by atoms with van der Waals surface area (Å²) in [7, 11) is -3.29.